The minimum absolute atomic E-state index is 0.686. The van der Waals surface area contributed by atoms with Gasteiger partial charge in [0.2, 0.25) is 0 Å². The van der Waals surface area contributed by atoms with Crippen molar-refractivity contribution in [1.82, 2.24) is 17.5 Å². The standard InChI is InChI=1S/C26H37BrN2O2S2.C22H34Br2N2O2S.CH3F/c1-3-5-7-9-11-13-17-30-25-21(20-16-15-19-32-20)23-24(29-33-28-23)22(27)26(25)31-18-14-12-10-8-6-4-2;1-3-5-7-9-11-13-15-27-21-17(23)19-20(26-29-25-19)18(24)22(21)28-16-14-12-10-8-6-4-2;1-2/h15-16,19H,3-14,17-18H2,1-2H3;3-16H2,1-2H3;1H3/i;;1D. The Morgan fingerprint density at radius 3 is 1.11 bits per heavy atom. The van der Waals surface area contributed by atoms with E-state index >= 15 is 0 Å². The average Bonchev–Trinajstić information content (AvgIpc) is 4.13. The molecule has 0 bridgehead atoms. The maximum Gasteiger partial charge on any atom is 0.178 e. The third kappa shape index (κ3) is 19.2. The summed E-state index contributed by atoms with van der Waals surface area (Å²) in [7, 11) is -1.00. The number of hydrogen-bond acceptors (Lipinski definition) is 11. The number of nitrogens with zero attached hydrogens (tertiary/aromatic N) is 4. The van der Waals surface area contributed by atoms with Gasteiger partial charge >= 0.3 is 0 Å². The molecule has 5 aromatic rings. The van der Waals surface area contributed by atoms with Crippen LogP contribution in [0.3, 0.4) is 0 Å². The molecule has 15 heteroatoms. The van der Waals surface area contributed by atoms with Gasteiger partial charge in [-0.05, 0) is 84.9 Å². The van der Waals surface area contributed by atoms with Crippen LogP contribution in [0.25, 0.3) is 32.5 Å². The molecule has 0 aliphatic heterocycles. The summed E-state index contributed by atoms with van der Waals surface area (Å²) in [6.45, 7) is 11.7. The quantitative estimate of drug-likeness (QED) is 0.0384. The van der Waals surface area contributed by atoms with E-state index in [1.54, 1.807) is 11.3 Å². The monoisotopic (exact) mass is 1140 g/mol. The molecule has 2 aromatic carbocycles. The van der Waals surface area contributed by atoms with E-state index in [2.05, 4.69) is 110 Å². The van der Waals surface area contributed by atoms with Crippen molar-refractivity contribution >= 4 is 105 Å². The SMILES string of the molecule is CCCCCCCCOc1c(OCCCCCCCC)c(-c2cccs2)c2nsnc2c1Br.CCCCCCCCOc1c(OCCCCCCCC)c(Br)c2nsnc2c1Br.[2H]CF. The van der Waals surface area contributed by atoms with Crippen LogP contribution >= 0.6 is 82.6 Å². The van der Waals surface area contributed by atoms with Gasteiger partial charge in [0, 0.05) is 4.88 Å². The molecule has 0 saturated carbocycles. The summed E-state index contributed by atoms with van der Waals surface area (Å²) in [4.78, 5) is 1.14. The molecule has 0 N–H and O–H groups in total. The zero-order chi connectivity index (χ0) is 46.9. The van der Waals surface area contributed by atoms with Crippen LogP contribution in [-0.2, 0) is 0 Å². The van der Waals surface area contributed by atoms with E-state index in [1.165, 1.54) is 152 Å². The van der Waals surface area contributed by atoms with E-state index in [0.717, 1.165) is 94.6 Å². The summed E-state index contributed by atoms with van der Waals surface area (Å²) in [5, 5.41) is 2.09. The fraction of sp³-hybridized carbons (Fsp3) is 0.673. The third-order valence-corrected chi connectivity index (χ3v) is 15.0. The first-order chi connectivity index (χ1) is 31.9. The predicted molar refractivity (Wildman–Crippen MR) is 284 cm³/mol. The van der Waals surface area contributed by atoms with E-state index in [4.69, 9.17) is 20.3 Å². The molecule has 0 atom stereocenters. The van der Waals surface area contributed by atoms with Crippen LogP contribution in [0.15, 0.2) is 30.9 Å². The first-order valence-electron chi connectivity index (χ1n) is 24.6. The number of unbranched alkanes of at least 4 members (excludes halogenated alkanes) is 20. The average molecular weight is 1140 g/mol. The van der Waals surface area contributed by atoms with Crippen molar-refractivity contribution < 1.29 is 24.7 Å². The Labute approximate surface area is 423 Å². The van der Waals surface area contributed by atoms with Gasteiger partial charge in [-0.15, -0.1) is 11.3 Å². The molecule has 64 heavy (non-hydrogen) atoms. The molecule has 0 spiro atoms. The second kappa shape index (κ2) is 35.5. The maximum atomic E-state index is 9.96. The Balaban J connectivity index is 0.000000328. The highest BCUT2D eigenvalue weighted by Gasteiger charge is 2.26. The van der Waals surface area contributed by atoms with E-state index in [0.29, 0.717) is 26.4 Å². The third-order valence-electron chi connectivity index (χ3n) is 10.8. The molecule has 3 heterocycles. The normalized spacial score (nSPS) is 11.3. The molecule has 0 fully saturated rings. The summed E-state index contributed by atoms with van der Waals surface area (Å²) in [6.07, 6.45) is 29.7. The van der Waals surface area contributed by atoms with Gasteiger partial charge in [-0.2, -0.15) is 17.5 Å². The Hall–Kier alpha value is -1.65. The van der Waals surface area contributed by atoms with Crippen molar-refractivity contribution in [3.8, 4) is 33.4 Å². The van der Waals surface area contributed by atoms with Crippen LogP contribution in [0, 0.1) is 0 Å². The van der Waals surface area contributed by atoms with Gasteiger partial charge in [-0.3, -0.25) is 4.39 Å². The molecule has 0 aliphatic carbocycles. The Bertz CT molecular complexity index is 1920. The molecule has 0 amide bonds. The highest BCUT2D eigenvalue weighted by Crippen LogP contribution is 2.50. The van der Waals surface area contributed by atoms with Crippen molar-refractivity contribution in [3.05, 3.63) is 30.9 Å². The lowest BCUT2D eigenvalue weighted by Gasteiger charge is -2.18. The van der Waals surface area contributed by atoms with Crippen molar-refractivity contribution in [3.63, 3.8) is 0 Å². The van der Waals surface area contributed by atoms with Crippen LogP contribution in [0.5, 0.6) is 23.0 Å². The molecular formula is C49H74Br3FN4O4S3. The topological polar surface area (TPSA) is 88.5 Å². The summed E-state index contributed by atoms with van der Waals surface area (Å²) in [6, 6.07) is 4.20. The van der Waals surface area contributed by atoms with Crippen molar-refractivity contribution in [2.24, 2.45) is 0 Å². The van der Waals surface area contributed by atoms with Crippen LogP contribution in [0.1, 0.15) is 183 Å². The van der Waals surface area contributed by atoms with E-state index in [-0.39, 0.29) is 0 Å². The fourth-order valence-corrected chi connectivity index (χ4v) is 11.2. The highest BCUT2D eigenvalue weighted by atomic mass is 79.9. The van der Waals surface area contributed by atoms with Crippen molar-refractivity contribution in [2.45, 2.75) is 182 Å². The van der Waals surface area contributed by atoms with E-state index in [1.807, 2.05) is 0 Å². The number of fused-ring (bicyclic) bond motifs is 2. The van der Waals surface area contributed by atoms with Gasteiger partial charge in [0.25, 0.3) is 0 Å². The molecule has 0 radical (unpaired) electrons. The highest BCUT2D eigenvalue weighted by molar-refractivity contribution is 9.11. The fourth-order valence-electron chi connectivity index (χ4n) is 7.22. The Morgan fingerprint density at radius 2 is 0.766 bits per heavy atom. The maximum absolute atomic E-state index is 9.96. The van der Waals surface area contributed by atoms with Gasteiger partial charge in [0.15, 0.2) is 23.0 Å². The first-order valence-corrected chi connectivity index (χ1v) is 28.6. The largest absolute Gasteiger partial charge is 0.489 e. The smallest absolute Gasteiger partial charge is 0.178 e. The van der Waals surface area contributed by atoms with E-state index < -0.39 is 7.15 Å². The minimum Gasteiger partial charge on any atom is -0.489 e. The molecular weight excluding hydrogens is 1060 g/mol. The minimum atomic E-state index is -1.00. The van der Waals surface area contributed by atoms with Gasteiger partial charge in [0.05, 0.1) is 77.4 Å². The van der Waals surface area contributed by atoms with Crippen molar-refractivity contribution in [1.29, 1.82) is 0 Å². The van der Waals surface area contributed by atoms with Crippen LogP contribution in [-0.4, -0.2) is 51.1 Å². The first kappa shape index (κ1) is 55.0. The zero-order valence-corrected chi connectivity index (χ0v) is 46.1. The predicted octanol–water partition coefficient (Wildman–Crippen LogP) is 18.9. The number of rotatable bonds is 33. The molecule has 3 aromatic heterocycles. The molecule has 0 aliphatic rings. The Morgan fingerprint density at radius 1 is 0.469 bits per heavy atom. The van der Waals surface area contributed by atoms with Crippen LogP contribution < -0.4 is 18.9 Å². The number of aromatic nitrogens is 4. The molecule has 360 valence electrons. The van der Waals surface area contributed by atoms with Gasteiger partial charge in [-0.1, -0.05) is 162 Å². The van der Waals surface area contributed by atoms with E-state index in [9.17, 15) is 4.39 Å². The molecule has 8 nitrogen and oxygen atoms in total. The molecule has 0 unspecified atom stereocenters. The number of alkyl halides is 1. The summed E-state index contributed by atoms with van der Waals surface area (Å²) in [5.74, 6) is 3.08. The summed E-state index contributed by atoms with van der Waals surface area (Å²) >= 11 is 15.3. The van der Waals surface area contributed by atoms with Crippen LogP contribution in [0.4, 0.5) is 4.39 Å². The summed E-state index contributed by atoms with van der Waals surface area (Å²) < 4.78 is 61.2. The number of halogens is 4. The lowest BCUT2D eigenvalue weighted by atomic mass is 10.1. The van der Waals surface area contributed by atoms with Crippen molar-refractivity contribution in [2.75, 3.05) is 33.6 Å². The molecule has 5 rings (SSSR count). The summed E-state index contributed by atoms with van der Waals surface area (Å²) in [5.41, 5.74) is 4.41. The number of thiophene rings is 1. The lowest BCUT2D eigenvalue weighted by molar-refractivity contribution is 0.256. The Kier molecular flexibility index (Phi) is 30.5. The number of ether oxygens (including phenoxy) is 4. The van der Waals surface area contributed by atoms with Gasteiger partial charge in [0.1, 0.15) is 22.1 Å². The zero-order valence-electron chi connectivity index (χ0n) is 39.9. The second-order valence-electron chi connectivity index (χ2n) is 16.0. The molecule has 0 saturated heterocycles. The van der Waals surface area contributed by atoms with Crippen LogP contribution in [0.2, 0.25) is 0 Å². The van der Waals surface area contributed by atoms with Gasteiger partial charge in [-0.25, -0.2) is 0 Å². The number of hydrogen-bond donors (Lipinski definition) is 0. The number of benzene rings is 2. The lowest BCUT2D eigenvalue weighted by Crippen LogP contribution is -2.05. The van der Waals surface area contributed by atoms with Gasteiger partial charge < -0.3 is 18.9 Å². The second-order valence-corrected chi connectivity index (χ2v) is 20.4.